The topological polar surface area (TPSA) is 52.6 Å². The number of hydrogen-bond acceptors (Lipinski definition) is 4. The molecule has 1 saturated heterocycles. The molecule has 1 unspecified atom stereocenters. The maximum atomic E-state index is 11.7. The van der Waals surface area contributed by atoms with Gasteiger partial charge in [0, 0.05) is 19.1 Å². The van der Waals surface area contributed by atoms with Crippen LogP contribution in [-0.2, 0) is 19.3 Å². The van der Waals surface area contributed by atoms with E-state index in [1.807, 2.05) is 0 Å². The van der Waals surface area contributed by atoms with Gasteiger partial charge in [-0.2, -0.15) is 0 Å². The van der Waals surface area contributed by atoms with Crippen molar-refractivity contribution in [3.8, 4) is 0 Å². The van der Waals surface area contributed by atoms with E-state index in [0.29, 0.717) is 13.0 Å². The van der Waals surface area contributed by atoms with E-state index in [2.05, 4.69) is 62.5 Å². The lowest BCUT2D eigenvalue weighted by Gasteiger charge is -2.28. The summed E-state index contributed by atoms with van der Waals surface area (Å²) in [6.45, 7) is 5.04. The maximum absolute atomic E-state index is 11.7. The standard InChI is InChI=1S/C42H76O4S/c1-4-6-8-10-12-14-16-18-20-22-24-26-28-30-32-34-37-42(45-40-41(46-42)36-39-47(3,43)44)38-35-33-31-29-27-25-23-21-19-17-15-13-11-9-7-5-2/h12-15,18-21,41H,4-11,16-17,22-40H2,1-3H3/b14-12-,15-13-,20-18-,21-19-. The van der Waals surface area contributed by atoms with Gasteiger partial charge in [-0.15, -0.1) is 0 Å². The SMILES string of the molecule is CCCCC/C=C\C/C=C\CCCCCCCCC1(CCCCCCCC/C=C\C/C=C\CCCCC)OCC(CCS(C)(=O)=O)O1. The van der Waals surface area contributed by atoms with E-state index in [-0.39, 0.29) is 11.9 Å². The van der Waals surface area contributed by atoms with Gasteiger partial charge in [-0.25, -0.2) is 8.42 Å². The summed E-state index contributed by atoms with van der Waals surface area (Å²) >= 11 is 0. The first-order valence-electron chi connectivity index (χ1n) is 20.0. The molecule has 0 radical (unpaired) electrons. The van der Waals surface area contributed by atoms with Crippen molar-refractivity contribution in [3.05, 3.63) is 48.6 Å². The van der Waals surface area contributed by atoms with Crippen LogP contribution >= 0.6 is 0 Å². The maximum Gasteiger partial charge on any atom is 0.168 e. The molecule has 0 bridgehead atoms. The minimum Gasteiger partial charge on any atom is -0.347 e. The predicted octanol–water partition coefficient (Wildman–Crippen LogP) is 12.9. The molecule has 4 nitrogen and oxygen atoms in total. The van der Waals surface area contributed by atoms with Crippen LogP contribution in [0.4, 0.5) is 0 Å². The molecular weight excluding hydrogens is 601 g/mol. The molecule has 0 amide bonds. The minimum atomic E-state index is -2.99. The Bertz CT molecular complexity index is 869. The summed E-state index contributed by atoms with van der Waals surface area (Å²) in [5.41, 5.74) is 0. The molecule has 0 saturated carbocycles. The van der Waals surface area contributed by atoms with E-state index in [1.54, 1.807) is 0 Å². The van der Waals surface area contributed by atoms with E-state index in [0.717, 1.165) is 38.5 Å². The molecule has 47 heavy (non-hydrogen) atoms. The summed E-state index contributed by atoms with van der Waals surface area (Å²) in [6.07, 6.45) is 52.0. The van der Waals surface area contributed by atoms with E-state index < -0.39 is 15.6 Å². The largest absolute Gasteiger partial charge is 0.347 e. The molecule has 0 N–H and O–H groups in total. The summed E-state index contributed by atoms with van der Waals surface area (Å²) in [5.74, 6) is -0.334. The van der Waals surface area contributed by atoms with Crippen LogP contribution in [-0.4, -0.2) is 38.9 Å². The lowest BCUT2D eigenvalue weighted by molar-refractivity contribution is -0.179. The van der Waals surface area contributed by atoms with Gasteiger partial charge in [-0.3, -0.25) is 0 Å². The van der Waals surface area contributed by atoms with Gasteiger partial charge in [0.15, 0.2) is 5.79 Å². The Balaban J connectivity index is 2.21. The zero-order chi connectivity index (χ0) is 34.2. The third-order valence-electron chi connectivity index (χ3n) is 9.24. The smallest absolute Gasteiger partial charge is 0.168 e. The second-order valence-electron chi connectivity index (χ2n) is 14.0. The molecule has 5 heteroatoms. The Labute approximate surface area is 293 Å². The second-order valence-corrected chi connectivity index (χ2v) is 16.3. The van der Waals surface area contributed by atoms with Crippen LogP contribution < -0.4 is 0 Å². The molecule has 1 heterocycles. The first-order valence-corrected chi connectivity index (χ1v) is 22.1. The fraction of sp³-hybridized carbons (Fsp3) is 0.810. The third-order valence-corrected chi connectivity index (χ3v) is 10.2. The summed E-state index contributed by atoms with van der Waals surface area (Å²) in [5, 5.41) is 0. The van der Waals surface area contributed by atoms with Crippen LogP contribution in [0.25, 0.3) is 0 Å². The number of ether oxygens (including phenoxy) is 2. The zero-order valence-electron chi connectivity index (χ0n) is 31.2. The van der Waals surface area contributed by atoms with Gasteiger partial charge in [0.25, 0.3) is 0 Å². The molecule has 274 valence electrons. The molecule has 0 aromatic rings. The van der Waals surface area contributed by atoms with Gasteiger partial charge in [-0.05, 0) is 83.5 Å². The van der Waals surface area contributed by atoms with Crippen LogP contribution in [0, 0.1) is 0 Å². The molecular formula is C42H76O4S. The van der Waals surface area contributed by atoms with Crippen molar-refractivity contribution in [2.75, 3.05) is 18.6 Å². The summed E-state index contributed by atoms with van der Waals surface area (Å²) in [7, 11) is -2.99. The Morgan fingerprint density at radius 3 is 1.34 bits per heavy atom. The van der Waals surface area contributed by atoms with Gasteiger partial charge < -0.3 is 9.47 Å². The monoisotopic (exact) mass is 677 g/mol. The number of unbranched alkanes of at least 4 members (excludes halogenated alkanes) is 18. The summed E-state index contributed by atoms with van der Waals surface area (Å²) < 4.78 is 36.2. The molecule has 0 aliphatic carbocycles. The van der Waals surface area contributed by atoms with Crippen molar-refractivity contribution in [1.82, 2.24) is 0 Å². The fourth-order valence-corrected chi connectivity index (χ4v) is 6.95. The zero-order valence-corrected chi connectivity index (χ0v) is 32.1. The van der Waals surface area contributed by atoms with Crippen LogP contribution in [0.15, 0.2) is 48.6 Å². The average molecular weight is 677 g/mol. The Kier molecular flexibility index (Phi) is 28.8. The minimum absolute atomic E-state index is 0.0982. The van der Waals surface area contributed by atoms with E-state index in [9.17, 15) is 8.42 Å². The molecule has 1 atom stereocenters. The first-order chi connectivity index (χ1) is 22.9. The molecule has 0 spiro atoms. The lowest BCUT2D eigenvalue weighted by atomic mass is 9.98. The highest BCUT2D eigenvalue weighted by Gasteiger charge is 2.40. The number of hydrogen-bond donors (Lipinski definition) is 0. The normalized spacial score (nSPS) is 17.0. The molecule has 1 rings (SSSR count). The highest BCUT2D eigenvalue weighted by molar-refractivity contribution is 7.90. The van der Waals surface area contributed by atoms with Crippen LogP contribution in [0.5, 0.6) is 0 Å². The quantitative estimate of drug-likeness (QED) is 0.0513. The Morgan fingerprint density at radius 2 is 0.936 bits per heavy atom. The summed E-state index contributed by atoms with van der Waals surface area (Å²) in [6, 6.07) is 0. The Hall–Kier alpha value is -1.17. The van der Waals surface area contributed by atoms with Gasteiger partial charge in [0.1, 0.15) is 9.84 Å². The molecule has 1 aliphatic rings. The highest BCUT2D eigenvalue weighted by Crippen LogP contribution is 2.35. The number of rotatable bonds is 33. The molecule has 0 aromatic carbocycles. The van der Waals surface area contributed by atoms with Gasteiger partial charge >= 0.3 is 0 Å². The van der Waals surface area contributed by atoms with Crippen molar-refractivity contribution >= 4 is 9.84 Å². The fourth-order valence-electron chi connectivity index (χ4n) is 6.26. The second kappa shape index (κ2) is 30.9. The lowest BCUT2D eigenvalue weighted by Crippen LogP contribution is -2.31. The Morgan fingerprint density at radius 1 is 0.553 bits per heavy atom. The van der Waals surface area contributed by atoms with Gasteiger partial charge in [0.05, 0.1) is 18.5 Å². The molecule has 1 aliphatic heterocycles. The van der Waals surface area contributed by atoms with Crippen LogP contribution in [0.1, 0.15) is 187 Å². The predicted molar refractivity (Wildman–Crippen MR) is 206 cm³/mol. The van der Waals surface area contributed by atoms with Crippen molar-refractivity contribution < 1.29 is 17.9 Å². The third kappa shape index (κ3) is 28.4. The highest BCUT2D eigenvalue weighted by atomic mass is 32.2. The molecule has 0 aromatic heterocycles. The number of sulfone groups is 1. The van der Waals surface area contributed by atoms with E-state index in [4.69, 9.17) is 9.47 Å². The average Bonchev–Trinajstić information content (AvgIpc) is 3.46. The van der Waals surface area contributed by atoms with Gasteiger partial charge in [0.2, 0.25) is 0 Å². The van der Waals surface area contributed by atoms with Crippen LogP contribution in [0.2, 0.25) is 0 Å². The molecule has 1 fully saturated rings. The summed E-state index contributed by atoms with van der Waals surface area (Å²) in [4.78, 5) is 0. The number of allylic oxidation sites excluding steroid dienone is 8. The van der Waals surface area contributed by atoms with E-state index >= 15 is 0 Å². The van der Waals surface area contributed by atoms with Crippen LogP contribution in [0.3, 0.4) is 0 Å². The van der Waals surface area contributed by atoms with Crippen molar-refractivity contribution in [1.29, 1.82) is 0 Å². The van der Waals surface area contributed by atoms with Crippen molar-refractivity contribution in [3.63, 3.8) is 0 Å². The van der Waals surface area contributed by atoms with E-state index in [1.165, 1.54) is 135 Å². The first kappa shape index (κ1) is 43.9. The van der Waals surface area contributed by atoms with Crippen molar-refractivity contribution in [2.45, 2.75) is 199 Å². The van der Waals surface area contributed by atoms with Gasteiger partial charge in [-0.1, -0.05) is 140 Å². The van der Waals surface area contributed by atoms with Crippen molar-refractivity contribution in [2.24, 2.45) is 0 Å².